The van der Waals surface area contributed by atoms with Crippen molar-refractivity contribution in [2.45, 2.75) is 10.9 Å². The number of para-hydroxylation sites is 2. The molecule has 1 heterocycles. The number of hydrogen-bond donors (Lipinski definition) is 0. The average Bonchev–Trinajstić information content (AvgIpc) is 2.73. The van der Waals surface area contributed by atoms with E-state index >= 15 is 0 Å². The van der Waals surface area contributed by atoms with Crippen molar-refractivity contribution in [3.05, 3.63) is 104 Å². The van der Waals surface area contributed by atoms with Crippen LogP contribution in [0.4, 0.5) is 5.69 Å². The second kappa shape index (κ2) is 8.06. The van der Waals surface area contributed by atoms with Gasteiger partial charge in [0.1, 0.15) is 0 Å². The maximum Gasteiger partial charge on any atom is 0.269 e. The Morgan fingerprint density at radius 1 is 1.03 bits per heavy atom. The maximum absolute atomic E-state index is 13.2. The van der Waals surface area contributed by atoms with Crippen LogP contribution in [0.15, 0.2) is 82.7 Å². The van der Waals surface area contributed by atoms with E-state index < -0.39 is 4.92 Å². The Balaban J connectivity index is 1.82. The third-order valence-corrected chi connectivity index (χ3v) is 5.66. The van der Waals surface area contributed by atoms with E-state index in [1.165, 1.54) is 28.5 Å². The van der Waals surface area contributed by atoms with E-state index in [4.69, 9.17) is 11.6 Å². The van der Waals surface area contributed by atoms with Crippen molar-refractivity contribution in [2.24, 2.45) is 0 Å². The van der Waals surface area contributed by atoms with Crippen molar-refractivity contribution < 1.29 is 4.92 Å². The highest BCUT2D eigenvalue weighted by Gasteiger charge is 2.16. The number of hydrogen-bond acceptors (Lipinski definition) is 5. The normalized spacial score (nSPS) is 10.9. The molecule has 4 rings (SSSR count). The zero-order valence-electron chi connectivity index (χ0n) is 15.0. The van der Waals surface area contributed by atoms with E-state index in [2.05, 4.69) is 4.98 Å². The molecule has 0 N–H and O–H groups in total. The molecule has 0 saturated heterocycles. The third-order valence-electron chi connectivity index (χ3n) is 4.33. The van der Waals surface area contributed by atoms with Crippen LogP contribution in [-0.4, -0.2) is 14.5 Å². The lowest BCUT2D eigenvalue weighted by Gasteiger charge is -2.14. The molecule has 0 atom stereocenters. The second-order valence-corrected chi connectivity index (χ2v) is 7.57. The number of nitrogens with zero attached hydrogens (tertiary/aromatic N) is 3. The molecule has 0 aliphatic rings. The number of nitro benzene ring substituents is 1. The summed E-state index contributed by atoms with van der Waals surface area (Å²) in [6.45, 7) is 0. The number of aromatic nitrogens is 2. The summed E-state index contributed by atoms with van der Waals surface area (Å²) in [5, 5.41) is 12.4. The maximum atomic E-state index is 13.2. The Kier molecular flexibility index (Phi) is 5.33. The van der Waals surface area contributed by atoms with E-state index in [-0.39, 0.29) is 11.2 Å². The van der Waals surface area contributed by atoms with Crippen LogP contribution in [0.5, 0.6) is 0 Å². The summed E-state index contributed by atoms with van der Waals surface area (Å²) in [5.74, 6) is 0.414. The number of benzene rings is 3. The largest absolute Gasteiger partial charge is 0.269 e. The number of halogens is 1. The number of fused-ring (bicyclic) bond motifs is 1. The lowest BCUT2D eigenvalue weighted by atomic mass is 10.2. The van der Waals surface area contributed by atoms with E-state index in [1.54, 1.807) is 54.6 Å². The van der Waals surface area contributed by atoms with Gasteiger partial charge in [0.25, 0.3) is 11.2 Å². The standard InChI is InChI=1S/C21H14ClN3O3S/c22-17-9-2-4-11-19(17)24-20(26)16-8-1-3-10-18(16)23-21(24)29-13-14-6-5-7-15(12-14)25(27)28/h1-12H,13H2. The lowest BCUT2D eigenvalue weighted by Crippen LogP contribution is -2.22. The van der Waals surface area contributed by atoms with Crippen molar-refractivity contribution >= 4 is 40.0 Å². The molecule has 0 unspecified atom stereocenters. The van der Waals surface area contributed by atoms with Crippen molar-refractivity contribution in [3.8, 4) is 5.69 Å². The average molecular weight is 424 g/mol. The van der Waals surface area contributed by atoms with Crippen molar-refractivity contribution in [1.82, 2.24) is 9.55 Å². The van der Waals surface area contributed by atoms with Crippen LogP contribution < -0.4 is 5.56 Å². The highest BCUT2D eigenvalue weighted by molar-refractivity contribution is 7.98. The Bertz CT molecular complexity index is 1290. The first kappa shape index (κ1) is 19.2. The van der Waals surface area contributed by atoms with E-state index in [1.807, 2.05) is 6.07 Å². The summed E-state index contributed by atoms with van der Waals surface area (Å²) in [5.41, 5.74) is 1.70. The van der Waals surface area contributed by atoms with Crippen LogP contribution in [0.2, 0.25) is 5.02 Å². The second-order valence-electron chi connectivity index (χ2n) is 6.22. The Morgan fingerprint density at radius 2 is 1.79 bits per heavy atom. The van der Waals surface area contributed by atoms with E-state index in [0.29, 0.717) is 32.5 Å². The monoisotopic (exact) mass is 423 g/mol. The van der Waals surface area contributed by atoms with Gasteiger partial charge >= 0.3 is 0 Å². The van der Waals surface area contributed by atoms with Crippen LogP contribution in [-0.2, 0) is 5.75 Å². The molecule has 0 fully saturated rings. The highest BCUT2D eigenvalue weighted by Crippen LogP contribution is 2.28. The molecule has 0 saturated carbocycles. The van der Waals surface area contributed by atoms with Gasteiger partial charge in [-0.15, -0.1) is 0 Å². The Morgan fingerprint density at radius 3 is 2.59 bits per heavy atom. The van der Waals surface area contributed by atoms with Crippen molar-refractivity contribution in [2.75, 3.05) is 0 Å². The summed E-state index contributed by atoms with van der Waals surface area (Å²) in [6, 6.07) is 20.6. The molecule has 1 aromatic heterocycles. The molecule has 8 heteroatoms. The lowest BCUT2D eigenvalue weighted by molar-refractivity contribution is -0.384. The van der Waals surface area contributed by atoms with Crippen LogP contribution in [0.25, 0.3) is 16.6 Å². The van der Waals surface area contributed by atoms with Gasteiger partial charge in [-0.05, 0) is 29.8 Å². The van der Waals surface area contributed by atoms with Gasteiger partial charge in [-0.2, -0.15) is 0 Å². The zero-order valence-corrected chi connectivity index (χ0v) is 16.6. The number of thioether (sulfide) groups is 1. The van der Waals surface area contributed by atoms with Gasteiger partial charge in [0.2, 0.25) is 0 Å². The minimum absolute atomic E-state index is 0.0260. The summed E-state index contributed by atoms with van der Waals surface area (Å²) in [7, 11) is 0. The Labute approximate surface area is 174 Å². The smallest absolute Gasteiger partial charge is 0.268 e. The first-order valence-corrected chi connectivity index (χ1v) is 10.0. The van der Waals surface area contributed by atoms with E-state index in [9.17, 15) is 14.9 Å². The van der Waals surface area contributed by atoms with Gasteiger partial charge < -0.3 is 0 Å². The van der Waals surface area contributed by atoms with Gasteiger partial charge in [0, 0.05) is 17.9 Å². The minimum atomic E-state index is -0.428. The molecule has 0 bridgehead atoms. The third kappa shape index (κ3) is 3.87. The quantitative estimate of drug-likeness (QED) is 0.190. The van der Waals surface area contributed by atoms with Crippen LogP contribution in [0.1, 0.15) is 5.56 Å². The van der Waals surface area contributed by atoms with Gasteiger partial charge in [0.15, 0.2) is 5.16 Å². The molecule has 0 spiro atoms. The van der Waals surface area contributed by atoms with Gasteiger partial charge in [0.05, 0.1) is 26.5 Å². The summed E-state index contributed by atoms with van der Waals surface area (Å²) < 4.78 is 1.49. The topological polar surface area (TPSA) is 78.0 Å². The first-order valence-electron chi connectivity index (χ1n) is 8.67. The molecular formula is C21H14ClN3O3S. The molecule has 4 aromatic rings. The van der Waals surface area contributed by atoms with Gasteiger partial charge in [-0.3, -0.25) is 19.5 Å². The Hall–Kier alpha value is -3.16. The molecule has 3 aromatic carbocycles. The number of rotatable bonds is 5. The predicted molar refractivity (Wildman–Crippen MR) is 115 cm³/mol. The molecule has 29 heavy (non-hydrogen) atoms. The zero-order chi connectivity index (χ0) is 20.4. The van der Waals surface area contributed by atoms with Crippen LogP contribution in [0, 0.1) is 10.1 Å². The fourth-order valence-electron chi connectivity index (χ4n) is 2.96. The molecule has 0 radical (unpaired) electrons. The molecule has 0 aliphatic heterocycles. The summed E-state index contributed by atoms with van der Waals surface area (Å²) in [4.78, 5) is 28.5. The first-order chi connectivity index (χ1) is 14.0. The molecule has 0 aliphatic carbocycles. The molecular weight excluding hydrogens is 410 g/mol. The number of non-ortho nitro benzene ring substituents is 1. The van der Waals surface area contributed by atoms with Crippen LogP contribution in [0.3, 0.4) is 0 Å². The SMILES string of the molecule is O=c1c2ccccc2nc(SCc2cccc([N+](=O)[O-])c2)n1-c1ccccc1Cl. The van der Waals surface area contributed by atoms with E-state index in [0.717, 1.165) is 5.56 Å². The fraction of sp³-hybridized carbons (Fsp3) is 0.0476. The van der Waals surface area contributed by atoms with Gasteiger partial charge in [-0.1, -0.05) is 59.8 Å². The molecule has 0 amide bonds. The summed E-state index contributed by atoms with van der Waals surface area (Å²) in [6.07, 6.45) is 0. The number of nitro groups is 1. The van der Waals surface area contributed by atoms with Gasteiger partial charge in [-0.25, -0.2) is 4.98 Å². The molecule has 6 nitrogen and oxygen atoms in total. The predicted octanol–water partition coefficient (Wildman–Crippen LogP) is 5.24. The molecule has 144 valence electrons. The van der Waals surface area contributed by atoms with Crippen LogP contribution >= 0.6 is 23.4 Å². The summed E-state index contributed by atoms with van der Waals surface area (Å²) >= 11 is 7.68. The van der Waals surface area contributed by atoms with Crippen molar-refractivity contribution in [3.63, 3.8) is 0 Å². The van der Waals surface area contributed by atoms with Crippen molar-refractivity contribution in [1.29, 1.82) is 0 Å². The minimum Gasteiger partial charge on any atom is -0.268 e. The highest BCUT2D eigenvalue weighted by atomic mass is 35.5. The fourth-order valence-corrected chi connectivity index (χ4v) is 4.13.